The number of imide groups is 1. The van der Waals surface area contributed by atoms with Gasteiger partial charge in [-0.2, -0.15) is 0 Å². The van der Waals surface area contributed by atoms with Gasteiger partial charge in [-0.3, -0.25) is 10.1 Å². The van der Waals surface area contributed by atoms with E-state index < -0.39 is 17.5 Å². The molecular weight excluding hydrogens is 357 g/mol. The van der Waals surface area contributed by atoms with Gasteiger partial charge in [0, 0.05) is 16.7 Å². The molecule has 2 aromatic rings. The molecule has 0 radical (unpaired) electrons. The number of hydrogen-bond acceptors (Lipinski definition) is 2. The van der Waals surface area contributed by atoms with Crippen molar-refractivity contribution in [3.63, 3.8) is 0 Å². The van der Waals surface area contributed by atoms with Crippen molar-refractivity contribution in [2.75, 3.05) is 6.54 Å². The maximum atomic E-state index is 13.7. The van der Waals surface area contributed by atoms with Gasteiger partial charge in [0.25, 0.3) is 5.91 Å². The topological polar surface area (TPSA) is 74.8 Å². The minimum absolute atomic E-state index is 0.0360. The van der Waals surface area contributed by atoms with Gasteiger partial charge >= 0.3 is 6.03 Å². The van der Waals surface area contributed by atoms with Gasteiger partial charge in [0.1, 0.15) is 11.9 Å². The number of carbonyl (C=O) groups excluding carboxylic acids is 2. The Bertz CT molecular complexity index is 813. The van der Waals surface area contributed by atoms with Crippen LogP contribution in [0.1, 0.15) is 50.4 Å². The Hall–Kier alpha value is -2.73. The number of nitrogens with one attached hydrogen (secondary N) is 2. The van der Waals surface area contributed by atoms with Crippen LogP contribution in [0, 0.1) is 5.82 Å². The first-order valence-corrected chi connectivity index (χ1v) is 9.47. The van der Waals surface area contributed by atoms with E-state index in [1.165, 1.54) is 17.7 Å². The summed E-state index contributed by atoms with van der Waals surface area (Å²) in [6.45, 7) is 7.63. The molecule has 1 atom stereocenters. The summed E-state index contributed by atoms with van der Waals surface area (Å²) >= 11 is 0. The van der Waals surface area contributed by atoms with Gasteiger partial charge in [-0.15, -0.1) is 0 Å². The number of urea groups is 1. The van der Waals surface area contributed by atoms with Crippen LogP contribution < -0.4 is 16.0 Å². The Labute approximate surface area is 165 Å². The van der Waals surface area contributed by atoms with Gasteiger partial charge in [-0.05, 0) is 44.9 Å². The van der Waals surface area contributed by atoms with Crippen LogP contribution >= 0.6 is 0 Å². The second-order valence-electron chi connectivity index (χ2n) is 7.82. The number of rotatable bonds is 6. The Morgan fingerprint density at radius 2 is 1.75 bits per heavy atom. The molecule has 4 N–H and O–H groups in total. The molecule has 0 aliphatic heterocycles. The fourth-order valence-electron chi connectivity index (χ4n) is 2.90. The van der Waals surface area contributed by atoms with E-state index in [-0.39, 0.29) is 18.4 Å². The van der Waals surface area contributed by atoms with Crippen molar-refractivity contribution in [1.82, 2.24) is 10.6 Å². The van der Waals surface area contributed by atoms with Gasteiger partial charge in [-0.25, -0.2) is 9.18 Å². The molecule has 0 unspecified atom stereocenters. The average Bonchev–Trinajstić information content (AvgIpc) is 2.61. The number of amides is 3. The highest BCUT2D eigenvalue weighted by molar-refractivity contribution is 5.94. The molecule has 0 saturated carbocycles. The number of nitrogens with two attached hydrogens (primary N) is 1. The Balaban J connectivity index is 2.11. The third kappa shape index (κ3) is 6.78. The van der Waals surface area contributed by atoms with Crippen molar-refractivity contribution in [3.8, 4) is 0 Å². The average molecular weight is 386 g/mol. The van der Waals surface area contributed by atoms with Gasteiger partial charge in [0.2, 0.25) is 0 Å². The fraction of sp³-hybridized carbons (Fsp3) is 0.364. The lowest BCUT2D eigenvalue weighted by Crippen LogP contribution is -2.88. The summed E-state index contributed by atoms with van der Waals surface area (Å²) in [5.41, 5.74) is 2.50. The number of hydrogen-bond donors (Lipinski definition) is 3. The van der Waals surface area contributed by atoms with Gasteiger partial charge in [-0.1, -0.05) is 43.3 Å². The van der Waals surface area contributed by atoms with Crippen molar-refractivity contribution in [2.24, 2.45) is 0 Å². The van der Waals surface area contributed by atoms with E-state index in [1.54, 1.807) is 11.4 Å². The second-order valence-corrected chi connectivity index (χ2v) is 7.82. The first-order chi connectivity index (χ1) is 13.2. The molecule has 3 amide bonds. The molecule has 0 aliphatic rings. The maximum absolute atomic E-state index is 13.7. The predicted molar refractivity (Wildman–Crippen MR) is 107 cm³/mol. The van der Waals surface area contributed by atoms with Gasteiger partial charge in [0.05, 0.1) is 0 Å². The van der Waals surface area contributed by atoms with Crippen LogP contribution in [-0.2, 0) is 11.2 Å². The van der Waals surface area contributed by atoms with Crippen molar-refractivity contribution in [2.45, 2.75) is 45.7 Å². The van der Waals surface area contributed by atoms with Crippen LogP contribution in [0.3, 0.4) is 0 Å². The van der Waals surface area contributed by atoms with Gasteiger partial charge < -0.3 is 10.6 Å². The van der Waals surface area contributed by atoms with E-state index in [1.807, 2.05) is 51.1 Å². The van der Waals surface area contributed by atoms with Crippen molar-refractivity contribution < 1.29 is 19.3 Å². The summed E-state index contributed by atoms with van der Waals surface area (Å²) in [5, 5.41) is 6.82. The summed E-state index contributed by atoms with van der Waals surface area (Å²) in [6.07, 6.45) is 0.930. The maximum Gasteiger partial charge on any atom is 0.322 e. The lowest BCUT2D eigenvalue weighted by Gasteiger charge is -2.20. The normalized spacial score (nSPS) is 12.3. The summed E-state index contributed by atoms with van der Waals surface area (Å²) < 4.78 is 13.7. The van der Waals surface area contributed by atoms with Crippen molar-refractivity contribution in [1.29, 1.82) is 0 Å². The molecule has 28 heavy (non-hydrogen) atoms. The van der Waals surface area contributed by atoms with E-state index in [2.05, 4.69) is 17.6 Å². The molecular formula is C22H29FN3O2+. The largest absolute Gasteiger partial charge is 0.333 e. The fourth-order valence-corrected chi connectivity index (χ4v) is 2.90. The summed E-state index contributed by atoms with van der Waals surface area (Å²) in [4.78, 5) is 24.1. The van der Waals surface area contributed by atoms with Crippen molar-refractivity contribution in [3.05, 3.63) is 71.0 Å². The zero-order chi connectivity index (χ0) is 20.7. The molecule has 0 spiro atoms. The zero-order valence-corrected chi connectivity index (χ0v) is 16.9. The highest BCUT2D eigenvalue weighted by atomic mass is 19.1. The highest BCUT2D eigenvalue weighted by Gasteiger charge is 2.21. The second kappa shape index (κ2) is 9.46. The lowest BCUT2D eigenvalue weighted by atomic mass is 9.97. The SMILES string of the molecule is CCc1ccc([C@H]([NH2+]CC(=O)NC(=O)NC(C)(C)C)c2cccc(F)c2)cc1. The van der Waals surface area contributed by atoms with Gasteiger partial charge in [0.15, 0.2) is 6.54 Å². The first-order valence-electron chi connectivity index (χ1n) is 9.47. The number of halogens is 1. The van der Waals surface area contributed by atoms with Crippen molar-refractivity contribution >= 4 is 11.9 Å². The monoisotopic (exact) mass is 386 g/mol. The van der Waals surface area contributed by atoms with Crippen LogP contribution in [0.15, 0.2) is 48.5 Å². The molecule has 2 rings (SSSR count). The van der Waals surface area contributed by atoms with E-state index in [0.717, 1.165) is 17.5 Å². The molecule has 2 aromatic carbocycles. The smallest absolute Gasteiger partial charge is 0.322 e. The number of carbonyl (C=O) groups is 2. The highest BCUT2D eigenvalue weighted by Crippen LogP contribution is 2.20. The van der Waals surface area contributed by atoms with E-state index in [4.69, 9.17) is 0 Å². The molecule has 0 fully saturated rings. The van der Waals surface area contributed by atoms with E-state index in [9.17, 15) is 14.0 Å². The molecule has 150 valence electrons. The number of aryl methyl sites for hydroxylation is 1. The number of quaternary nitrogens is 1. The Morgan fingerprint density at radius 3 is 2.32 bits per heavy atom. The van der Waals surface area contributed by atoms with E-state index in [0.29, 0.717) is 0 Å². The molecule has 5 nitrogen and oxygen atoms in total. The van der Waals surface area contributed by atoms with Crippen LogP contribution in [-0.4, -0.2) is 24.0 Å². The molecule has 6 heteroatoms. The Kier molecular flexibility index (Phi) is 7.29. The third-order valence-electron chi connectivity index (χ3n) is 4.24. The summed E-state index contributed by atoms with van der Waals surface area (Å²) in [7, 11) is 0. The van der Waals surface area contributed by atoms with Crippen LogP contribution in [0.25, 0.3) is 0 Å². The van der Waals surface area contributed by atoms with Crippen LogP contribution in [0.4, 0.5) is 9.18 Å². The predicted octanol–water partition coefficient (Wildman–Crippen LogP) is 2.67. The Morgan fingerprint density at radius 1 is 1.07 bits per heavy atom. The number of benzene rings is 2. The molecule has 0 bridgehead atoms. The third-order valence-corrected chi connectivity index (χ3v) is 4.24. The minimum atomic E-state index is -0.527. The summed E-state index contributed by atoms with van der Waals surface area (Å²) in [6, 6.07) is 13.6. The van der Waals surface area contributed by atoms with E-state index >= 15 is 0 Å². The summed E-state index contributed by atoms with van der Waals surface area (Å²) in [5.74, 6) is -0.733. The standard InChI is InChI=1S/C22H28FN3O2/c1-5-15-9-11-16(12-10-15)20(17-7-6-8-18(23)13-17)24-14-19(27)25-21(28)26-22(2,3)4/h6-13,20,24H,5,14H2,1-4H3,(H2,25,26,27,28)/p+1/t20-/m0/s1. The lowest BCUT2D eigenvalue weighted by molar-refractivity contribution is -0.676. The molecule has 0 aromatic heterocycles. The quantitative estimate of drug-likeness (QED) is 0.714. The zero-order valence-electron chi connectivity index (χ0n) is 16.9. The first kappa shape index (κ1) is 21.6. The van der Waals surface area contributed by atoms with Crippen LogP contribution in [0.2, 0.25) is 0 Å². The molecule has 0 aliphatic carbocycles. The van der Waals surface area contributed by atoms with Crippen LogP contribution in [0.5, 0.6) is 0 Å². The molecule has 0 heterocycles. The molecule has 0 saturated heterocycles. The minimum Gasteiger partial charge on any atom is -0.333 e.